The van der Waals surface area contributed by atoms with E-state index in [0.717, 1.165) is 10.3 Å². The van der Waals surface area contributed by atoms with Gasteiger partial charge >= 0.3 is 0 Å². The zero-order valence-electron chi connectivity index (χ0n) is 19.5. The van der Waals surface area contributed by atoms with E-state index < -0.39 is 25.1 Å². The maximum Gasteiger partial charge on any atom is 0.0717 e. The molecule has 2 aromatic carbocycles. The molecule has 0 saturated heterocycles. The van der Waals surface area contributed by atoms with Crippen molar-refractivity contribution in [3.63, 3.8) is 0 Å². The predicted molar refractivity (Wildman–Crippen MR) is 96.7 cm³/mol. The van der Waals surface area contributed by atoms with Crippen LogP contribution < -0.4 is 0 Å². The van der Waals surface area contributed by atoms with Crippen LogP contribution in [0, 0.1) is 17.3 Å². The second-order valence-electron chi connectivity index (χ2n) is 6.06. The van der Waals surface area contributed by atoms with E-state index in [-0.39, 0.29) is 5.41 Å². The molecule has 2 aromatic rings. The maximum atomic E-state index is 8.60. The van der Waals surface area contributed by atoms with Gasteiger partial charge in [-0.2, -0.15) is 0 Å². The van der Waals surface area contributed by atoms with Crippen LogP contribution in [-0.4, -0.2) is 18.4 Å². The molecular weight excluding hydrogens is 266 g/mol. The van der Waals surface area contributed by atoms with Gasteiger partial charge in [-0.3, -0.25) is 4.90 Å². The maximum absolute atomic E-state index is 8.60. The first-order valence-electron chi connectivity index (χ1n) is 10.2. The molecule has 0 heterocycles. The highest BCUT2D eigenvalue weighted by Gasteiger charge is 2.03. The van der Waals surface area contributed by atoms with E-state index in [4.69, 9.17) is 8.22 Å². The summed E-state index contributed by atoms with van der Waals surface area (Å²) in [5, 5.41) is 1.52. The molecule has 0 saturated carbocycles. The number of fused-ring (bicyclic) bond motifs is 1. The van der Waals surface area contributed by atoms with Crippen molar-refractivity contribution in [3.8, 4) is 11.8 Å². The van der Waals surface area contributed by atoms with Crippen LogP contribution in [-0.2, 0) is 6.50 Å². The minimum Gasteiger partial charge on any atom is -0.298 e. The molecule has 0 spiro atoms. The molecule has 0 atom stereocenters. The summed E-state index contributed by atoms with van der Waals surface area (Å²) < 4.78 is 50.0. The number of hydrogen-bond acceptors (Lipinski definition) is 1. The van der Waals surface area contributed by atoms with Gasteiger partial charge in [0.2, 0.25) is 0 Å². The standard InChI is InChI=1S/C21H25N/c1-21(2,3)15-8-5-9-16-22(4)17-19-13-10-12-18-11-6-7-14-20(18)19/h5-7,9-14H,16-17H2,1-4H3/b9-5+/i5D,9D,16D2,17D2. The smallest absolute Gasteiger partial charge is 0.0717 e. The second-order valence-corrected chi connectivity index (χ2v) is 6.06. The Kier molecular flexibility index (Phi) is 3.27. The number of hydrogen-bond donors (Lipinski definition) is 0. The van der Waals surface area contributed by atoms with Gasteiger partial charge in [-0.25, -0.2) is 0 Å². The van der Waals surface area contributed by atoms with Gasteiger partial charge in [0.1, 0.15) is 0 Å². The van der Waals surface area contributed by atoms with Gasteiger partial charge < -0.3 is 0 Å². The number of benzene rings is 2. The van der Waals surface area contributed by atoms with Crippen LogP contribution in [0.2, 0.25) is 0 Å². The summed E-state index contributed by atoms with van der Waals surface area (Å²) in [6, 6.07) is 11.4. The fourth-order valence-electron chi connectivity index (χ4n) is 1.89. The lowest BCUT2D eigenvalue weighted by Crippen LogP contribution is -2.17. The highest BCUT2D eigenvalue weighted by atomic mass is 15.1. The molecular formula is C21H25N. The summed E-state index contributed by atoms with van der Waals surface area (Å²) >= 11 is 0. The van der Waals surface area contributed by atoms with Crippen molar-refractivity contribution in [2.24, 2.45) is 5.41 Å². The molecule has 22 heavy (non-hydrogen) atoms. The molecule has 1 heteroatoms. The van der Waals surface area contributed by atoms with Crippen molar-refractivity contribution in [1.29, 1.82) is 0 Å². The first-order valence-corrected chi connectivity index (χ1v) is 7.22. The quantitative estimate of drug-likeness (QED) is 0.727. The summed E-state index contributed by atoms with van der Waals surface area (Å²) in [5.74, 6) is 5.34. The Morgan fingerprint density at radius 3 is 2.68 bits per heavy atom. The summed E-state index contributed by atoms with van der Waals surface area (Å²) in [5.41, 5.74) is -0.0833. The van der Waals surface area contributed by atoms with Crippen LogP contribution in [0.3, 0.4) is 0 Å². The van der Waals surface area contributed by atoms with Gasteiger partial charge in [-0.05, 0) is 50.2 Å². The minimum atomic E-state index is -2.52. The van der Waals surface area contributed by atoms with Crippen LogP contribution in [0.25, 0.3) is 10.8 Å². The number of allylic oxidation sites excluding steroid dienone is 1. The van der Waals surface area contributed by atoms with Crippen LogP contribution in [0.1, 0.15) is 34.6 Å². The van der Waals surface area contributed by atoms with Crippen LogP contribution in [0.5, 0.6) is 0 Å². The predicted octanol–water partition coefficient (Wildman–Crippen LogP) is 4.88. The Morgan fingerprint density at radius 1 is 1.18 bits per heavy atom. The van der Waals surface area contributed by atoms with Crippen molar-refractivity contribution in [2.45, 2.75) is 27.3 Å². The van der Waals surface area contributed by atoms with Crippen LogP contribution in [0.15, 0.2) is 54.6 Å². The molecule has 0 radical (unpaired) electrons. The molecule has 0 bridgehead atoms. The molecule has 0 N–H and O–H groups in total. The molecule has 0 amide bonds. The van der Waals surface area contributed by atoms with Crippen molar-refractivity contribution in [2.75, 3.05) is 13.5 Å². The first kappa shape index (κ1) is 9.87. The lowest BCUT2D eigenvalue weighted by molar-refractivity contribution is 0.365. The largest absolute Gasteiger partial charge is 0.298 e. The second kappa shape index (κ2) is 7.29. The third-order valence-corrected chi connectivity index (χ3v) is 2.86. The van der Waals surface area contributed by atoms with E-state index in [1.807, 2.05) is 39.0 Å². The summed E-state index contributed by atoms with van der Waals surface area (Å²) in [4.78, 5) is 0.845. The van der Waals surface area contributed by atoms with E-state index in [0.29, 0.717) is 10.9 Å². The van der Waals surface area contributed by atoms with Crippen LogP contribution in [0.4, 0.5) is 0 Å². The summed E-state index contributed by atoms with van der Waals surface area (Å²) in [7, 11) is 1.28. The van der Waals surface area contributed by atoms with E-state index >= 15 is 0 Å². The van der Waals surface area contributed by atoms with Crippen molar-refractivity contribution in [3.05, 3.63) is 60.1 Å². The van der Waals surface area contributed by atoms with E-state index in [1.54, 1.807) is 24.3 Å². The molecule has 0 aliphatic rings. The van der Waals surface area contributed by atoms with E-state index in [2.05, 4.69) is 11.8 Å². The molecule has 0 aliphatic heterocycles. The highest BCUT2D eigenvalue weighted by Crippen LogP contribution is 2.19. The van der Waals surface area contributed by atoms with Gasteiger partial charge in [0, 0.05) is 23.9 Å². The Hall–Kier alpha value is -2.04. The van der Waals surface area contributed by atoms with Gasteiger partial charge in [0.25, 0.3) is 0 Å². The van der Waals surface area contributed by atoms with Crippen molar-refractivity contribution >= 4 is 10.8 Å². The van der Waals surface area contributed by atoms with Crippen LogP contribution >= 0.6 is 0 Å². The average Bonchev–Trinajstić information content (AvgIpc) is 2.63. The molecule has 0 aromatic heterocycles. The number of likely N-dealkylation sites (N-methyl/N-ethyl adjacent to an activating group) is 1. The Bertz CT molecular complexity index is 955. The topological polar surface area (TPSA) is 3.24 Å². The average molecular weight is 297 g/mol. The fraction of sp³-hybridized carbons (Fsp3) is 0.333. The fourth-order valence-corrected chi connectivity index (χ4v) is 1.89. The Balaban J connectivity index is 2.51. The molecule has 114 valence electrons. The first-order chi connectivity index (χ1) is 12.8. The van der Waals surface area contributed by atoms with E-state index in [9.17, 15) is 0 Å². The minimum absolute atomic E-state index is 0.303. The van der Waals surface area contributed by atoms with Gasteiger partial charge in [0.05, 0.1) is 2.74 Å². The van der Waals surface area contributed by atoms with Gasteiger partial charge in [-0.15, -0.1) is 0 Å². The summed E-state index contributed by atoms with van der Waals surface area (Å²) in [6.45, 7) is 0.836. The Morgan fingerprint density at radius 2 is 1.91 bits per heavy atom. The monoisotopic (exact) mass is 297 g/mol. The molecule has 0 fully saturated rings. The normalized spacial score (nSPS) is 18.0. The highest BCUT2D eigenvalue weighted by molar-refractivity contribution is 5.85. The van der Waals surface area contributed by atoms with Gasteiger partial charge in [-0.1, -0.05) is 60.4 Å². The summed E-state index contributed by atoms with van der Waals surface area (Å²) in [6.07, 6.45) is 0. The SMILES string of the molecule is [2H]/C(C#CC(C)(C)C)=C(/[2H])C([2H])([2H])N(C)C([2H])([2H])c1cccc2ccccc12. The molecule has 0 unspecified atom stereocenters. The van der Waals surface area contributed by atoms with Gasteiger partial charge in [0.15, 0.2) is 0 Å². The van der Waals surface area contributed by atoms with Crippen molar-refractivity contribution < 1.29 is 8.22 Å². The molecule has 0 aliphatic carbocycles. The zero-order chi connectivity index (χ0) is 21.3. The van der Waals surface area contributed by atoms with E-state index in [1.165, 1.54) is 7.05 Å². The third-order valence-electron chi connectivity index (χ3n) is 2.86. The number of rotatable bonds is 4. The lowest BCUT2D eigenvalue weighted by Gasteiger charge is -2.15. The Labute approximate surface area is 143 Å². The third kappa shape index (κ3) is 5.06. The number of nitrogens with zero attached hydrogens (tertiary/aromatic N) is 1. The van der Waals surface area contributed by atoms with Crippen molar-refractivity contribution in [1.82, 2.24) is 4.90 Å². The lowest BCUT2D eigenvalue weighted by atomic mass is 9.98. The molecule has 1 nitrogen and oxygen atoms in total. The zero-order valence-corrected chi connectivity index (χ0v) is 13.5. The molecule has 2 rings (SSSR count).